The zero-order chi connectivity index (χ0) is 21.0. The first-order valence-electron chi connectivity index (χ1n) is 10.8. The molecule has 0 unspecified atom stereocenters. The normalized spacial score (nSPS) is 15.4. The Morgan fingerprint density at radius 2 is 2.00 bits per heavy atom. The lowest BCUT2D eigenvalue weighted by Crippen LogP contribution is -2.43. The highest BCUT2D eigenvalue weighted by Crippen LogP contribution is 2.24. The number of hydrogen-bond acceptors (Lipinski definition) is 6. The molecule has 2 amide bonds. The lowest BCUT2D eigenvalue weighted by Gasteiger charge is -2.28. The molecule has 0 radical (unpaired) electrons. The van der Waals surface area contributed by atoms with Crippen LogP contribution in [0.15, 0.2) is 36.7 Å². The Balaban J connectivity index is 1.12. The summed E-state index contributed by atoms with van der Waals surface area (Å²) in [4.78, 5) is 23.6. The second-order valence-electron chi connectivity index (χ2n) is 8.15. The minimum atomic E-state index is -0.0447. The maximum atomic E-state index is 12.5. The second-order valence-corrected chi connectivity index (χ2v) is 8.15. The highest BCUT2D eigenvalue weighted by Gasteiger charge is 2.24. The molecule has 2 aliphatic rings. The van der Waals surface area contributed by atoms with Crippen LogP contribution in [0.5, 0.6) is 0 Å². The number of hydrogen-bond donors (Lipinski definition) is 3. The van der Waals surface area contributed by atoms with E-state index in [-0.39, 0.29) is 6.03 Å². The van der Waals surface area contributed by atoms with Crippen LogP contribution in [0.3, 0.4) is 0 Å². The number of nitrogens with one attached hydrogen (secondary N) is 3. The molecule has 2 aromatic heterocycles. The quantitative estimate of drug-likeness (QED) is 0.527. The Labute approximate surface area is 180 Å². The van der Waals surface area contributed by atoms with Gasteiger partial charge in [-0.05, 0) is 36.8 Å². The fourth-order valence-electron chi connectivity index (χ4n) is 4.32. The molecule has 3 N–H and O–H groups in total. The number of amides is 2. The first-order chi connectivity index (χ1) is 15.2. The van der Waals surface area contributed by atoms with Crippen LogP contribution in [0.2, 0.25) is 0 Å². The molecule has 0 spiro atoms. The number of H-pyrrole nitrogens is 1. The molecule has 0 saturated carbocycles. The molecule has 160 valence electrons. The van der Waals surface area contributed by atoms with Gasteiger partial charge in [0.2, 0.25) is 5.95 Å². The van der Waals surface area contributed by atoms with E-state index in [0.29, 0.717) is 31.6 Å². The topological polar surface area (TPSA) is 112 Å². The number of fused-ring (bicyclic) bond motifs is 2. The number of carbonyl (C=O) groups is 1. The standard InChI is InChI=1S/C22H26N8O/c31-22(23-8-3-6-18-13-25-29-28-18)30-9-7-20-17(14-30)12-24-21(27-20)26-19-10-15-4-1-2-5-16(15)11-19/h1-2,4-5,12-13,19H,3,6-11,14H2,(H,23,31)(H,24,26,27)(H,25,28,29). The van der Waals surface area contributed by atoms with Gasteiger partial charge in [0.05, 0.1) is 24.1 Å². The summed E-state index contributed by atoms with van der Waals surface area (Å²) in [6.07, 6.45) is 7.92. The molecule has 1 aliphatic carbocycles. The molecular weight excluding hydrogens is 392 g/mol. The van der Waals surface area contributed by atoms with Gasteiger partial charge in [-0.2, -0.15) is 15.4 Å². The Morgan fingerprint density at radius 3 is 2.77 bits per heavy atom. The van der Waals surface area contributed by atoms with E-state index in [9.17, 15) is 4.79 Å². The zero-order valence-electron chi connectivity index (χ0n) is 17.3. The summed E-state index contributed by atoms with van der Waals surface area (Å²) in [7, 11) is 0. The molecule has 9 heteroatoms. The molecule has 0 saturated heterocycles. The van der Waals surface area contributed by atoms with E-state index in [4.69, 9.17) is 4.98 Å². The van der Waals surface area contributed by atoms with Crippen molar-refractivity contribution >= 4 is 12.0 Å². The van der Waals surface area contributed by atoms with E-state index < -0.39 is 0 Å². The van der Waals surface area contributed by atoms with Crippen molar-refractivity contribution in [1.82, 2.24) is 35.6 Å². The van der Waals surface area contributed by atoms with Crippen molar-refractivity contribution in [2.45, 2.75) is 44.7 Å². The maximum absolute atomic E-state index is 12.5. The number of nitrogens with zero attached hydrogens (tertiary/aromatic N) is 5. The fraction of sp³-hybridized carbons (Fsp3) is 0.409. The number of urea groups is 1. The van der Waals surface area contributed by atoms with Gasteiger partial charge >= 0.3 is 6.03 Å². The van der Waals surface area contributed by atoms with Crippen LogP contribution in [-0.2, 0) is 32.2 Å². The van der Waals surface area contributed by atoms with Gasteiger partial charge in [-0.25, -0.2) is 14.8 Å². The smallest absolute Gasteiger partial charge is 0.317 e. The van der Waals surface area contributed by atoms with Gasteiger partial charge < -0.3 is 15.5 Å². The Hall–Kier alpha value is -3.49. The van der Waals surface area contributed by atoms with E-state index >= 15 is 0 Å². The van der Waals surface area contributed by atoms with Gasteiger partial charge in [0, 0.05) is 37.3 Å². The van der Waals surface area contributed by atoms with Gasteiger partial charge in [0.25, 0.3) is 0 Å². The number of aryl methyl sites for hydroxylation is 1. The highest BCUT2D eigenvalue weighted by atomic mass is 16.2. The van der Waals surface area contributed by atoms with E-state index in [2.05, 4.69) is 55.3 Å². The van der Waals surface area contributed by atoms with Crippen molar-refractivity contribution in [2.75, 3.05) is 18.4 Å². The summed E-state index contributed by atoms with van der Waals surface area (Å²) in [6, 6.07) is 8.86. The van der Waals surface area contributed by atoms with Gasteiger partial charge in [0.15, 0.2) is 0 Å². The van der Waals surface area contributed by atoms with E-state index in [1.54, 1.807) is 6.20 Å². The molecule has 1 aliphatic heterocycles. The largest absolute Gasteiger partial charge is 0.351 e. The predicted molar refractivity (Wildman–Crippen MR) is 116 cm³/mol. The lowest BCUT2D eigenvalue weighted by molar-refractivity contribution is 0.191. The van der Waals surface area contributed by atoms with Crippen molar-refractivity contribution in [3.8, 4) is 0 Å². The minimum absolute atomic E-state index is 0.0447. The lowest BCUT2D eigenvalue weighted by atomic mass is 10.1. The molecule has 3 aromatic rings. The monoisotopic (exact) mass is 418 g/mol. The van der Waals surface area contributed by atoms with E-state index in [1.807, 2.05) is 11.1 Å². The molecule has 0 fully saturated rings. The summed E-state index contributed by atoms with van der Waals surface area (Å²) in [5, 5.41) is 16.9. The van der Waals surface area contributed by atoms with Gasteiger partial charge in [-0.3, -0.25) is 0 Å². The third kappa shape index (κ3) is 4.50. The molecule has 0 atom stereocenters. The van der Waals surface area contributed by atoms with Crippen molar-refractivity contribution in [3.05, 3.63) is 64.7 Å². The first kappa shape index (κ1) is 19.5. The van der Waals surface area contributed by atoms with Crippen LogP contribution in [-0.4, -0.2) is 55.4 Å². The number of aromatic amines is 1. The van der Waals surface area contributed by atoms with Crippen LogP contribution < -0.4 is 10.6 Å². The van der Waals surface area contributed by atoms with Crippen molar-refractivity contribution in [3.63, 3.8) is 0 Å². The molecule has 5 rings (SSSR count). The van der Waals surface area contributed by atoms with Gasteiger partial charge in [0.1, 0.15) is 0 Å². The van der Waals surface area contributed by atoms with Gasteiger partial charge in [-0.15, -0.1) is 0 Å². The Kier molecular flexibility index (Phi) is 5.47. The van der Waals surface area contributed by atoms with Crippen LogP contribution in [0, 0.1) is 0 Å². The summed E-state index contributed by atoms with van der Waals surface area (Å²) < 4.78 is 0. The van der Waals surface area contributed by atoms with Crippen LogP contribution in [0.4, 0.5) is 10.7 Å². The highest BCUT2D eigenvalue weighted by molar-refractivity contribution is 5.74. The predicted octanol–water partition coefficient (Wildman–Crippen LogP) is 1.87. The summed E-state index contributed by atoms with van der Waals surface area (Å²) in [5.74, 6) is 0.683. The first-order valence-corrected chi connectivity index (χ1v) is 10.8. The number of benzene rings is 1. The molecule has 1 aromatic carbocycles. The second kappa shape index (κ2) is 8.71. The SMILES string of the molecule is O=C(NCCCc1cn[nH]n1)N1CCc2nc(NC3Cc4ccccc4C3)ncc2C1. The summed E-state index contributed by atoms with van der Waals surface area (Å²) in [6.45, 7) is 1.81. The third-order valence-electron chi connectivity index (χ3n) is 5.96. The average Bonchev–Trinajstić information content (AvgIpc) is 3.45. The Bertz CT molecular complexity index is 1030. The summed E-state index contributed by atoms with van der Waals surface area (Å²) in [5.41, 5.74) is 5.76. The number of rotatable bonds is 6. The van der Waals surface area contributed by atoms with Crippen LogP contribution in [0.25, 0.3) is 0 Å². The van der Waals surface area contributed by atoms with Crippen molar-refractivity contribution in [1.29, 1.82) is 0 Å². The molecule has 0 bridgehead atoms. The minimum Gasteiger partial charge on any atom is -0.351 e. The maximum Gasteiger partial charge on any atom is 0.317 e. The van der Waals surface area contributed by atoms with E-state index in [0.717, 1.165) is 49.1 Å². The number of aromatic nitrogens is 5. The molecule has 9 nitrogen and oxygen atoms in total. The van der Waals surface area contributed by atoms with E-state index in [1.165, 1.54) is 11.1 Å². The third-order valence-corrected chi connectivity index (χ3v) is 5.96. The number of anilines is 1. The van der Waals surface area contributed by atoms with Crippen LogP contribution >= 0.6 is 0 Å². The average molecular weight is 419 g/mol. The zero-order valence-corrected chi connectivity index (χ0v) is 17.3. The van der Waals surface area contributed by atoms with Gasteiger partial charge in [-0.1, -0.05) is 24.3 Å². The number of carbonyl (C=O) groups excluding carboxylic acids is 1. The molecular formula is C22H26N8O. The summed E-state index contributed by atoms with van der Waals surface area (Å²) >= 11 is 0. The van der Waals surface area contributed by atoms with Crippen molar-refractivity contribution < 1.29 is 4.79 Å². The Morgan fingerprint density at radius 1 is 1.16 bits per heavy atom. The fourth-order valence-corrected chi connectivity index (χ4v) is 4.32. The van der Waals surface area contributed by atoms with Crippen LogP contribution in [0.1, 0.15) is 34.5 Å². The molecule has 3 heterocycles. The molecule has 31 heavy (non-hydrogen) atoms. The van der Waals surface area contributed by atoms with Crippen molar-refractivity contribution in [2.24, 2.45) is 0 Å².